The van der Waals surface area contributed by atoms with Gasteiger partial charge in [0, 0.05) is 6.20 Å². The van der Waals surface area contributed by atoms with Gasteiger partial charge in [0.25, 0.3) is 5.56 Å². The molecule has 1 N–H and O–H groups in total. The van der Waals surface area contributed by atoms with Gasteiger partial charge in [-0.3, -0.25) is 9.89 Å². The second kappa shape index (κ2) is 3.62. The van der Waals surface area contributed by atoms with Crippen LogP contribution >= 0.6 is 11.8 Å². The highest BCUT2D eigenvalue weighted by molar-refractivity contribution is 7.98. The Morgan fingerprint density at radius 2 is 2.12 bits per heavy atom. The second-order valence-corrected chi connectivity index (χ2v) is 5.32. The van der Waals surface area contributed by atoms with E-state index in [9.17, 15) is 4.79 Å². The molecule has 0 aliphatic rings. The lowest BCUT2D eigenvalue weighted by Crippen LogP contribution is -2.32. The fraction of sp³-hybridized carbons (Fsp3) is 0.500. The number of hydrogen-bond acceptors (Lipinski definition) is 4. The normalized spacial score (nSPS) is 12.2. The number of H-pyrrole nitrogens is 1. The van der Waals surface area contributed by atoms with Crippen molar-refractivity contribution in [3.8, 4) is 0 Å². The monoisotopic (exact) mass is 238 g/mol. The van der Waals surface area contributed by atoms with E-state index >= 15 is 0 Å². The summed E-state index contributed by atoms with van der Waals surface area (Å²) in [7, 11) is 0. The van der Waals surface area contributed by atoms with Gasteiger partial charge in [-0.2, -0.15) is 0 Å². The minimum Gasteiger partial charge on any atom is -0.278 e. The first kappa shape index (κ1) is 11.2. The standard InChI is InChI=1S/C10H14N4OS/c1-10(2,3)14-8(15)6-5-11-9(16-4)12-7(6)13-14/h5H,1-4H3,(H,11,12,13). The van der Waals surface area contributed by atoms with Gasteiger partial charge in [-0.25, -0.2) is 14.6 Å². The smallest absolute Gasteiger partial charge is 0.278 e. The molecule has 0 aromatic carbocycles. The van der Waals surface area contributed by atoms with Crippen LogP contribution in [0.4, 0.5) is 0 Å². The lowest BCUT2D eigenvalue weighted by molar-refractivity contribution is 0.348. The van der Waals surface area contributed by atoms with E-state index < -0.39 is 0 Å². The Morgan fingerprint density at radius 1 is 1.44 bits per heavy atom. The van der Waals surface area contributed by atoms with E-state index in [1.165, 1.54) is 11.8 Å². The van der Waals surface area contributed by atoms with Crippen LogP contribution in [0, 0.1) is 0 Å². The van der Waals surface area contributed by atoms with Gasteiger partial charge in [-0.1, -0.05) is 11.8 Å². The molecule has 0 atom stereocenters. The average molecular weight is 238 g/mol. The Kier molecular flexibility index (Phi) is 2.53. The van der Waals surface area contributed by atoms with Crippen LogP contribution in [0.5, 0.6) is 0 Å². The van der Waals surface area contributed by atoms with Crippen LogP contribution in [-0.2, 0) is 5.54 Å². The van der Waals surface area contributed by atoms with Gasteiger partial charge in [0.05, 0.1) is 5.54 Å². The van der Waals surface area contributed by atoms with E-state index in [-0.39, 0.29) is 11.1 Å². The van der Waals surface area contributed by atoms with Crippen molar-refractivity contribution in [2.75, 3.05) is 6.26 Å². The minimum absolute atomic E-state index is 0.0739. The number of nitrogens with one attached hydrogen (secondary N) is 1. The van der Waals surface area contributed by atoms with Crippen molar-refractivity contribution < 1.29 is 0 Å². The number of hydrogen-bond donors (Lipinski definition) is 1. The van der Waals surface area contributed by atoms with Crippen LogP contribution in [0.2, 0.25) is 0 Å². The number of nitrogens with zero attached hydrogens (tertiary/aromatic N) is 3. The Hall–Kier alpha value is -1.30. The molecule has 2 aromatic heterocycles. The summed E-state index contributed by atoms with van der Waals surface area (Å²) in [5, 5.41) is 4.22. The molecule has 5 nitrogen and oxygen atoms in total. The maximum absolute atomic E-state index is 12.0. The second-order valence-electron chi connectivity index (χ2n) is 4.54. The first-order chi connectivity index (χ1) is 7.43. The van der Waals surface area contributed by atoms with Crippen molar-refractivity contribution in [1.82, 2.24) is 19.7 Å². The van der Waals surface area contributed by atoms with Gasteiger partial charge < -0.3 is 0 Å². The zero-order chi connectivity index (χ0) is 11.9. The first-order valence-corrected chi connectivity index (χ1v) is 6.18. The molecular formula is C10H14N4OS. The molecule has 86 valence electrons. The highest BCUT2D eigenvalue weighted by atomic mass is 32.2. The SMILES string of the molecule is CSc1ncc2c(=O)n(C(C)(C)C)[nH]c2n1. The summed E-state index contributed by atoms with van der Waals surface area (Å²) in [4.78, 5) is 20.4. The summed E-state index contributed by atoms with van der Waals surface area (Å²) < 4.78 is 1.58. The fourth-order valence-electron chi connectivity index (χ4n) is 1.46. The van der Waals surface area contributed by atoms with E-state index in [1.54, 1.807) is 10.9 Å². The largest absolute Gasteiger partial charge is 0.278 e. The van der Waals surface area contributed by atoms with Gasteiger partial charge in [-0.05, 0) is 27.0 Å². The van der Waals surface area contributed by atoms with Crippen molar-refractivity contribution in [1.29, 1.82) is 0 Å². The molecule has 0 amide bonds. The van der Waals surface area contributed by atoms with Gasteiger partial charge >= 0.3 is 0 Å². The summed E-state index contributed by atoms with van der Waals surface area (Å²) in [6.07, 6.45) is 3.48. The molecule has 0 unspecified atom stereocenters. The summed E-state index contributed by atoms with van der Waals surface area (Å²) in [5.74, 6) is 0. The summed E-state index contributed by atoms with van der Waals surface area (Å²) in [5.41, 5.74) is 0.242. The number of fused-ring (bicyclic) bond motifs is 1. The molecule has 0 spiro atoms. The molecule has 0 saturated heterocycles. The molecule has 0 radical (unpaired) electrons. The highest BCUT2D eigenvalue weighted by Gasteiger charge is 2.19. The lowest BCUT2D eigenvalue weighted by Gasteiger charge is -2.18. The Labute approximate surface area is 97.3 Å². The number of thioether (sulfide) groups is 1. The maximum Gasteiger partial charge on any atom is 0.278 e. The summed E-state index contributed by atoms with van der Waals surface area (Å²) in [6.45, 7) is 5.89. The van der Waals surface area contributed by atoms with Gasteiger partial charge in [-0.15, -0.1) is 0 Å². The van der Waals surface area contributed by atoms with E-state index in [1.807, 2.05) is 27.0 Å². The van der Waals surface area contributed by atoms with E-state index in [2.05, 4.69) is 15.1 Å². The molecule has 0 saturated carbocycles. The van der Waals surface area contributed by atoms with Crippen LogP contribution in [-0.4, -0.2) is 26.0 Å². The van der Waals surface area contributed by atoms with Crippen LogP contribution in [0.25, 0.3) is 11.0 Å². The van der Waals surface area contributed by atoms with Crippen LogP contribution in [0.3, 0.4) is 0 Å². The van der Waals surface area contributed by atoms with Crippen LogP contribution < -0.4 is 5.56 Å². The lowest BCUT2D eigenvalue weighted by atomic mass is 10.1. The van der Waals surface area contributed by atoms with Crippen molar-refractivity contribution in [2.45, 2.75) is 31.5 Å². The molecular weight excluding hydrogens is 224 g/mol. The van der Waals surface area contributed by atoms with E-state index in [4.69, 9.17) is 0 Å². The molecule has 0 bridgehead atoms. The third-order valence-corrected chi connectivity index (χ3v) is 2.83. The predicted molar refractivity (Wildman–Crippen MR) is 64.9 cm³/mol. The minimum atomic E-state index is -0.280. The summed E-state index contributed by atoms with van der Waals surface area (Å²) >= 11 is 1.45. The molecule has 6 heteroatoms. The van der Waals surface area contributed by atoms with Crippen LogP contribution in [0.1, 0.15) is 20.8 Å². The Bertz CT molecular complexity index is 578. The third-order valence-electron chi connectivity index (χ3n) is 2.27. The predicted octanol–water partition coefficient (Wildman–Crippen LogP) is 1.60. The van der Waals surface area contributed by atoms with E-state index in [0.717, 1.165) is 0 Å². The van der Waals surface area contributed by atoms with Gasteiger partial charge in [0.1, 0.15) is 5.39 Å². The Morgan fingerprint density at radius 3 is 2.69 bits per heavy atom. The molecule has 2 aromatic rings. The van der Waals surface area contributed by atoms with E-state index in [0.29, 0.717) is 16.2 Å². The zero-order valence-corrected chi connectivity index (χ0v) is 10.6. The first-order valence-electron chi connectivity index (χ1n) is 4.96. The Balaban J connectivity index is 2.73. The van der Waals surface area contributed by atoms with Crippen molar-refractivity contribution >= 4 is 22.8 Å². The molecule has 16 heavy (non-hydrogen) atoms. The zero-order valence-electron chi connectivity index (χ0n) is 9.74. The number of aromatic amines is 1. The van der Waals surface area contributed by atoms with Crippen molar-refractivity contribution in [2.24, 2.45) is 0 Å². The molecule has 2 heterocycles. The van der Waals surface area contributed by atoms with Gasteiger partial charge in [0.15, 0.2) is 10.8 Å². The van der Waals surface area contributed by atoms with Crippen molar-refractivity contribution in [3.63, 3.8) is 0 Å². The molecule has 0 aliphatic heterocycles. The quantitative estimate of drug-likeness (QED) is 0.605. The van der Waals surface area contributed by atoms with Crippen LogP contribution in [0.15, 0.2) is 16.1 Å². The summed E-state index contributed by atoms with van der Waals surface area (Å²) in [6, 6.07) is 0. The van der Waals surface area contributed by atoms with Crippen molar-refractivity contribution in [3.05, 3.63) is 16.6 Å². The average Bonchev–Trinajstić information content (AvgIpc) is 2.55. The fourth-order valence-corrected chi connectivity index (χ4v) is 1.80. The molecule has 2 rings (SSSR count). The highest BCUT2D eigenvalue weighted by Crippen LogP contribution is 2.15. The number of aromatic nitrogens is 4. The molecule has 0 aliphatic carbocycles. The topological polar surface area (TPSA) is 63.6 Å². The third kappa shape index (κ3) is 1.73. The number of rotatable bonds is 1. The maximum atomic E-state index is 12.0. The van der Waals surface area contributed by atoms with Gasteiger partial charge in [0.2, 0.25) is 0 Å². The molecule has 0 fully saturated rings.